The first-order chi connectivity index (χ1) is 8.54. The number of benzene rings is 1. The molecule has 0 fully saturated rings. The SMILES string of the molecule is CC.O=CCCC#Cc1ccc(C(F)(F)F)cc1. The Morgan fingerprint density at radius 3 is 2.17 bits per heavy atom. The fraction of sp³-hybridized carbons (Fsp3) is 0.357. The molecule has 0 aromatic heterocycles. The van der Waals surface area contributed by atoms with Crippen LogP contribution in [-0.4, -0.2) is 6.29 Å². The third-order valence-electron chi connectivity index (χ3n) is 1.83. The highest BCUT2D eigenvalue weighted by Crippen LogP contribution is 2.28. The molecule has 0 spiro atoms. The first-order valence-corrected chi connectivity index (χ1v) is 5.64. The third kappa shape index (κ3) is 6.09. The summed E-state index contributed by atoms with van der Waals surface area (Å²) in [4.78, 5) is 9.98. The van der Waals surface area contributed by atoms with E-state index in [1.807, 2.05) is 13.8 Å². The molecule has 0 bridgehead atoms. The van der Waals surface area contributed by atoms with Crippen LogP contribution in [0.3, 0.4) is 0 Å². The summed E-state index contributed by atoms with van der Waals surface area (Å²) < 4.78 is 36.6. The predicted octanol–water partition coefficient (Wildman–Crippen LogP) is 4.06. The van der Waals surface area contributed by atoms with Crippen molar-refractivity contribution in [1.29, 1.82) is 0 Å². The van der Waals surface area contributed by atoms with Crippen molar-refractivity contribution >= 4 is 6.29 Å². The van der Waals surface area contributed by atoms with Gasteiger partial charge in [-0.1, -0.05) is 25.7 Å². The lowest BCUT2D eigenvalue weighted by Gasteiger charge is -2.05. The molecule has 1 rings (SSSR count). The van der Waals surface area contributed by atoms with Gasteiger partial charge >= 0.3 is 6.18 Å². The van der Waals surface area contributed by atoms with Crippen LogP contribution < -0.4 is 0 Å². The van der Waals surface area contributed by atoms with Gasteiger partial charge in [-0.3, -0.25) is 0 Å². The molecule has 0 saturated carbocycles. The highest BCUT2D eigenvalue weighted by atomic mass is 19.4. The van der Waals surface area contributed by atoms with Gasteiger partial charge in [0.15, 0.2) is 0 Å². The van der Waals surface area contributed by atoms with E-state index in [4.69, 9.17) is 0 Å². The fourth-order valence-corrected chi connectivity index (χ4v) is 1.04. The minimum Gasteiger partial charge on any atom is -0.303 e. The summed E-state index contributed by atoms with van der Waals surface area (Å²) in [7, 11) is 0. The van der Waals surface area contributed by atoms with Crippen LogP contribution in [0.2, 0.25) is 0 Å². The zero-order valence-electron chi connectivity index (χ0n) is 10.3. The van der Waals surface area contributed by atoms with Gasteiger partial charge in [-0.15, -0.1) is 0 Å². The summed E-state index contributed by atoms with van der Waals surface area (Å²) in [5, 5.41) is 0. The largest absolute Gasteiger partial charge is 0.416 e. The van der Waals surface area contributed by atoms with Crippen molar-refractivity contribution in [3.8, 4) is 11.8 Å². The van der Waals surface area contributed by atoms with Crippen LogP contribution in [0.25, 0.3) is 0 Å². The summed E-state index contributed by atoms with van der Waals surface area (Å²) in [6, 6.07) is 4.61. The Morgan fingerprint density at radius 2 is 1.72 bits per heavy atom. The van der Waals surface area contributed by atoms with Crippen molar-refractivity contribution in [3.05, 3.63) is 35.4 Å². The Labute approximate surface area is 105 Å². The normalized spacial score (nSPS) is 9.61. The molecule has 0 aliphatic carbocycles. The Hall–Kier alpha value is -1.76. The van der Waals surface area contributed by atoms with Gasteiger partial charge in [-0.25, -0.2) is 0 Å². The van der Waals surface area contributed by atoms with Gasteiger partial charge < -0.3 is 4.79 Å². The van der Waals surface area contributed by atoms with Crippen LogP contribution in [-0.2, 0) is 11.0 Å². The number of unbranched alkanes of at least 4 members (excludes halogenated alkanes) is 1. The summed E-state index contributed by atoms with van der Waals surface area (Å²) in [5.41, 5.74) is -0.176. The average molecular weight is 256 g/mol. The second kappa shape index (κ2) is 8.35. The first kappa shape index (κ1) is 16.2. The molecule has 0 heterocycles. The Kier molecular flexibility index (Phi) is 7.53. The van der Waals surface area contributed by atoms with Crippen molar-refractivity contribution in [2.45, 2.75) is 32.9 Å². The van der Waals surface area contributed by atoms with E-state index in [1.54, 1.807) is 0 Å². The Bertz CT molecular complexity index is 407. The monoisotopic (exact) mass is 256 g/mol. The number of carbonyl (C=O) groups is 1. The van der Waals surface area contributed by atoms with Crippen LogP contribution in [0, 0.1) is 11.8 Å². The van der Waals surface area contributed by atoms with E-state index < -0.39 is 11.7 Å². The summed E-state index contributed by atoms with van der Waals surface area (Å²) in [6.45, 7) is 4.00. The maximum absolute atomic E-state index is 12.2. The molecule has 0 radical (unpaired) electrons. The third-order valence-corrected chi connectivity index (χ3v) is 1.83. The van der Waals surface area contributed by atoms with E-state index in [9.17, 15) is 18.0 Å². The van der Waals surface area contributed by atoms with Crippen molar-refractivity contribution in [3.63, 3.8) is 0 Å². The number of hydrogen-bond donors (Lipinski definition) is 0. The van der Waals surface area contributed by atoms with Gasteiger partial charge in [0.2, 0.25) is 0 Å². The number of alkyl halides is 3. The maximum atomic E-state index is 12.2. The van der Waals surface area contributed by atoms with Crippen LogP contribution in [0.4, 0.5) is 13.2 Å². The summed E-state index contributed by atoms with van der Waals surface area (Å²) >= 11 is 0. The smallest absolute Gasteiger partial charge is 0.303 e. The van der Waals surface area contributed by atoms with Gasteiger partial charge in [0, 0.05) is 18.4 Å². The predicted molar refractivity (Wildman–Crippen MR) is 65.0 cm³/mol. The van der Waals surface area contributed by atoms with Crippen molar-refractivity contribution in [2.75, 3.05) is 0 Å². The number of halogens is 3. The van der Waals surface area contributed by atoms with Crippen molar-refractivity contribution in [1.82, 2.24) is 0 Å². The van der Waals surface area contributed by atoms with E-state index in [2.05, 4.69) is 11.8 Å². The highest BCUT2D eigenvalue weighted by Gasteiger charge is 2.29. The minimum atomic E-state index is -4.32. The molecule has 0 amide bonds. The number of rotatable bonds is 2. The van der Waals surface area contributed by atoms with Gasteiger partial charge in [0.05, 0.1) is 5.56 Å². The molecule has 0 unspecified atom stereocenters. The van der Waals surface area contributed by atoms with Gasteiger partial charge in [-0.2, -0.15) is 13.2 Å². The molecule has 0 aliphatic heterocycles. The molecule has 0 aliphatic rings. The van der Waals surface area contributed by atoms with Crippen LogP contribution in [0.1, 0.15) is 37.8 Å². The molecule has 0 atom stereocenters. The molecule has 98 valence electrons. The summed E-state index contributed by atoms with van der Waals surface area (Å²) in [6.07, 6.45) is -2.80. The number of aldehydes is 1. The fourth-order valence-electron chi connectivity index (χ4n) is 1.04. The molecule has 0 saturated heterocycles. The molecule has 0 N–H and O–H groups in total. The highest BCUT2D eigenvalue weighted by molar-refractivity contribution is 5.50. The van der Waals surface area contributed by atoms with Crippen LogP contribution in [0.5, 0.6) is 0 Å². The molecule has 1 aromatic rings. The second-order valence-electron chi connectivity index (χ2n) is 3.08. The van der Waals surface area contributed by atoms with E-state index >= 15 is 0 Å². The lowest BCUT2D eigenvalue weighted by Crippen LogP contribution is -2.04. The van der Waals surface area contributed by atoms with Gasteiger partial charge in [0.25, 0.3) is 0 Å². The molecular weight excluding hydrogens is 241 g/mol. The Balaban J connectivity index is 0.00000137. The lowest BCUT2D eigenvalue weighted by atomic mass is 10.1. The van der Waals surface area contributed by atoms with Crippen LogP contribution >= 0.6 is 0 Å². The van der Waals surface area contributed by atoms with E-state index in [0.717, 1.165) is 18.4 Å². The lowest BCUT2D eigenvalue weighted by molar-refractivity contribution is -0.137. The van der Waals surface area contributed by atoms with E-state index in [-0.39, 0.29) is 0 Å². The Morgan fingerprint density at radius 1 is 1.17 bits per heavy atom. The van der Waals surface area contributed by atoms with E-state index in [1.165, 1.54) is 12.1 Å². The van der Waals surface area contributed by atoms with Crippen molar-refractivity contribution in [2.24, 2.45) is 0 Å². The first-order valence-electron chi connectivity index (χ1n) is 5.64. The maximum Gasteiger partial charge on any atom is 0.416 e. The van der Waals surface area contributed by atoms with Crippen molar-refractivity contribution < 1.29 is 18.0 Å². The zero-order chi connectivity index (χ0) is 14.0. The molecular formula is C14H15F3O. The molecule has 1 aromatic carbocycles. The molecule has 18 heavy (non-hydrogen) atoms. The molecule has 1 nitrogen and oxygen atoms in total. The quantitative estimate of drug-likeness (QED) is 0.443. The standard InChI is InChI=1S/C12H9F3O.C2H6/c13-12(14,15)11-7-5-10(6-8-11)4-2-1-3-9-16;1-2/h5-9H,1,3H2;1-2H3. The van der Waals surface area contributed by atoms with E-state index in [0.29, 0.717) is 18.4 Å². The summed E-state index contributed by atoms with van der Waals surface area (Å²) in [5.74, 6) is 5.38. The van der Waals surface area contributed by atoms with Gasteiger partial charge in [0.1, 0.15) is 6.29 Å². The van der Waals surface area contributed by atoms with Gasteiger partial charge in [-0.05, 0) is 24.3 Å². The number of hydrogen-bond acceptors (Lipinski definition) is 1. The second-order valence-corrected chi connectivity index (χ2v) is 3.08. The molecule has 4 heteroatoms. The zero-order valence-corrected chi connectivity index (χ0v) is 10.3. The van der Waals surface area contributed by atoms with Crippen LogP contribution in [0.15, 0.2) is 24.3 Å². The number of carbonyl (C=O) groups excluding carboxylic acids is 1. The minimum absolute atomic E-state index is 0.341. The average Bonchev–Trinajstić information content (AvgIpc) is 2.37. The topological polar surface area (TPSA) is 17.1 Å².